The molecule has 0 spiro atoms. The maximum absolute atomic E-state index is 12.4. The average molecular weight is 380 g/mol. The lowest BCUT2D eigenvalue weighted by Crippen LogP contribution is -2.12. The Morgan fingerprint density at radius 2 is 1.89 bits per heavy atom. The van der Waals surface area contributed by atoms with E-state index in [9.17, 15) is 20.0 Å². The summed E-state index contributed by atoms with van der Waals surface area (Å²) in [6.07, 6.45) is 0. The van der Waals surface area contributed by atoms with Gasteiger partial charge in [0.25, 0.3) is 5.91 Å². The molecule has 8 nitrogen and oxygen atoms in total. The Morgan fingerprint density at radius 3 is 2.50 bits per heavy atom. The van der Waals surface area contributed by atoms with Crippen molar-refractivity contribution >= 4 is 17.3 Å². The molecule has 0 saturated heterocycles. The summed E-state index contributed by atoms with van der Waals surface area (Å²) >= 11 is 0. The molecule has 0 fully saturated rings. The summed E-state index contributed by atoms with van der Waals surface area (Å²) in [5, 5.41) is 27.3. The Morgan fingerprint density at radius 1 is 1.18 bits per heavy atom. The summed E-state index contributed by atoms with van der Waals surface area (Å²) in [6.45, 7) is 3.56. The van der Waals surface area contributed by atoms with Gasteiger partial charge in [-0.05, 0) is 49.2 Å². The van der Waals surface area contributed by atoms with E-state index in [4.69, 9.17) is 0 Å². The first-order valence-corrected chi connectivity index (χ1v) is 8.67. The average Bonchev–Trinajstić information content (AvgIpc) is 2.95. The predicted octanol–water partition coefficient (Wildman–Crippen LogP) is 3.20. The number of hydrogen-bond acceptors (Lipinski definition) is 5. The lowest BCUT2D eigenvalue weighted by atomic mass is 10.1. The van der Waals surface area contributed by atoms with Crippen LogP contribution in [-0.4, -0.2) is 25.7 Å². The van der Waals surface area contributed by atoms with Gasteiger partial charge in [0.15, 0.2) is 0 Å². The van der Waals surface area contributed by atoms with Crippen molar-refractivity contribution in [1.82, 2.24) is 9.78 Å². The summed E-state index contributed by atoms with van der Waals surface area (Å²) in [7, 11) is 0. The van der Waals surface area contributed by atoms with Crippen LogP contribution in [0.25, 0.3) is 0 Å². The number of carbonyl (C=O) groups is 1. The minimum Gasteiger partial charge on any atom is -0.392 e. The minimum atomic E-state index is -0.423. The molecule has 0 aliphatic rings. The Balaban J connectivity index is 1.72. The van der Waals surface area contributed by atoms with E-state index in [1.165, 1.54) is 0 Å². The zero-order valence-corrected chi connectivity index (χ0v) is 15.5. The van der Waals surface area contributed by atoms with Crippen molar-refractivity contribution in [3.8, 4) is 0 Å². The van der Waals surface area contributed by atoms with Crippen molar-refractivity contribution in [2.45, 2.75) is 27.0 Å². The van der Waals surface area contributed by atoms with Crippen molar-refractivity contribution in [2.24, 2.45) is 0 Å². The van der Waals surface area contributed by atoms with Crippen LogP contribution in [0.15, 0.2) is 48.5 Å². The first kappa shape index (κ1) is 19.2. The van der Waals surface area contributed by atoms with E-state index < -0.39 is 4.92 Å². The number of carbonyl (C=O) groups excluding carboxylic acids is 1. The van der Waals surface area contributed by atoms with Gasteiger partial charge in [0.1, 0.15) is 11.4 Å². The smallest absolute Gasteiger partial charge is 0.312 e. The fraction of sp³-hybridized carbons (Fsp3) is 0.200. The number of amides is 1. The standard InChI is InChI=1S/C20H20N4O4/c1-13-19(24(27)28)14(2)23(22-13)11-15-6-8-17(9-7-15)20(26)21-18-5-3-4-16(10-18)12-25/h3-10,25H,11-12H2,1-2H3,(H,21,26). The summed E-state index contributed by atoms with van der Waals surface area (Å²) < 4.78 is 1.59. The monoisotopic (exact) mass is 380 g/mol. The van der Waals surface area contributed by atoms with Crippen LogP contribution in [0.3, 0.4) is 0 Å². The van der Waals surface area contributed by atoms with Crippen LogP contribution >= 0.6 is 0 Å². The first-order chi connectivity index (χ1) is 13.4. The number of aliphatic hydroxyl groups excluding tert-OH is 1. The van der Waals surface area contributed by atoms with Gasteiger partial charge < -0.3 is 10.4 Å². The van der Waals surface area contributed by atoms with Crippen molar-refractivity contribution in [3.05, 3.63) is 86.7 Å². The molecule has 0 aliphatic carbocycles. The van der Waals surface area contributed by atoms with E-state index >= 15 is 0 Å². The van der Waals surface area contributed by atoms with Crippen LogP contribution in [0, 0.1) is 24.0 Å². The molecule has 2 N–H and O–H groups in total. The number of nitrogens with one attached hydrogen (secondary N) is 1. The van der Waals surface area contributed by atoms with Crippen LogP contribution in [0.2, 0.25) is 0 Å². The van der Waals surface area contributed by atoms with Crippen molar-refractivity contribution in [1.29, 1.82) is 0 Å². The van der Waals surface area contributed by atoms with Crippen molar-refractivity contribution in [3.63, 3.8) is 0 Å². The Kier molecular flexibility index (Phi) is 5.51. The lowest BCUT2D eigenvalue weighted by molar-refractivity contribution is -0.386. The highest BCUT2D eigenvalue weighted by Gasteiger charge is 2.21. The molecular weight excluding hydrogens is 360 g/mol. The second kappa shape index (κ2) is 8.01. The Bertz CT molecular complexity index is 1030. The minimum absolute atomic E-state index is 0.0288. The van der Waals surface area contributed by atoms with Gasteiger partial charge >= 0.3 is 5.69 Å². The van der Waals surface area contributed by atoms with E-state index in [1.54, 1.807) is 67.1 Å². The second-order valence-corrected chi connectivity index (χ2v) is 6.44. The van der Waals surface area contributed by atoms with E-state index in [0.717, 1.165) is 5.56 Å². The number of hydrogen-bond donors (Lipinski definition) is 2. The van der Waals surface area contributed by atoms with E-state index in [1.807, 2.05) is 0 Å². The Hall–Kier alpha value is -3.52. The van der Waals surface area contributed by atoms with E-state index in [2.05, 4.69) is 10.4 Å². The van der Waals surface area contributed by atoms with Crippen LogP contribution in [0.5, 0.6) is 0 Å². The fourth-order valence-corrected chi connectivity index (χ4v) is 2.99. The zero-order valence-electron chi connectivity index (χ0n) is 15.5. The molecule has 0 bridgehead atoms. The summed E-state index contributed by atoms with van der Waals surface area (Å²) in [5.74, 6) is -0.261. The summed E-state index contributed by atoms with van der Waals surface area (Å²) in [5.41, 5.74) is 3.58. The van der Waals surface area contributed by atoms with E-state index in [-0.39, 0.29) is 18.2 Å². The van der Waals surface area contributed by atoms with Gasteiger partial charge in [-0.15, -0.1) is 0 Å². The molecule has 0 saturated carbocycles. The number of aliphatic hydroxyl groups is 1. The quantitative estimate of drug-likeness (QED) is 0.504. The third kappa shape index (κ3) is 4.07. The maximum atomic E-state index is 12.4. The van der Waals surface area contributed by atoms with Gasteiger partial charge in [-0.3, -0.25) is 19.6 Å². The predicted molar refractivity (Wildman–Crippen MR) is 104 cm³/mol. The fourth-order valence-electron chi connectivity index (χ4n) is 2.99. The number of nitro groups is 1. The third-order valence-corrected chi connectivity index (χ3v) is 4.44. The van der Waals surface area contributed by atoms with Crippen LogP contribution in [-0.2, 0) is 13.2 Å². The lowest BCUT2D eigenvalue weighted by Gasteiger charge is -2.08. The number of benzene rings is 2. The molecule has 0 aliphatic heterocycles. The van der Waals surface area contributed by atoms with Gasteiger partial charge in [-0.2, -0.15) is 5.10 Å². The van der Waals surface area contributed by atoms with Gasteiger partial charge in [-0.25, -0.2) is 0 Å². The molecule has 2 aromatic carbocycles. The molecule has 0 atom stereocenters. The highest BCUT2D eigenvalue weighted by Crippen LogP contribution is 2.22. The number of rotatable bonds is 6. The molecule has 3 rings (SSSR count). The van der Waals surface area contributed by atoms with Crippen LogP contribution in [0.4, 0.5) is 11.4 Å². The molecule has 8 heteroatoms. The molecule has 0 unspecified atom stereocenters. The molecule has 1 aromatic heterocycles. The highest BCUT2D eigenvalue weighted by atomic mass is 16.6. The molecular formula is C20H20N4O4. The molecule has 1 amide bonds. The number of aryl methyl sites for hydroxylation is 1. The normalized spacial score (nSPS) is 10.7. The number of anilines is 1. The largest absolute Gasteiger partial charge is 0.392 e. The summed E-state index contributed by atoms with van der Waals surface area (Å²) in [4.78, 5) is 23.1. The van der Waals surface area contributed by atoms with Crippen molar-refractivity contribution < 1.29 is 14.8 Å². The van der Waals surface area contributed by atoms with Crippen LogP contribution < -0.4 is 5.32 Å². The van der Waals surface area contributed by atoms with Gasteiger partial charge in [-0.1, -0.05) is 24.3 Å². The van der Waals surface area contributed by atoms with E-state index in [0.29, 0.717) is 34.7 Å². The SMILES string of the molecule is Cc1nn(Cc2ccc(C(=O)Nc3cccc(CO)c3)cc2)c(C)c1[N+](=O)[O-]. The molecule has 1 heterocycles. The maximum Gasteiger partial charge on any atom is 0.312 e. The topological polar surface area (TPSA) is 110 Å². The van der Waals surface area contributed by atoms with Crippen LogP contribution in [0.1, 0.15) is 32.9 Å². The van der Waals surface area contributed by atoms with Gasteiger partial charge in [0.05, 0.1) is 18.1 Å². The molecule has 28 heavy (non-hydrogen) atoms. The third-order valence-electron chi connectivity index (χ3n) is 4.44. The summed E-state index contributed by atoms with van der Waals surface area (Å²) in [6, 6.07) is 14.0. The first-order valence-electron chi connectivity index (χ1n) is 8.67. The van der Waals surface area contributed by atoms with Crippen molar-refractivity contribution in [2.75, 3.05) is 5.32 Å². The van der Waals surface area contributed by atoms with Gasteiger partial charge in [0.2, 0.25) is 0 Å². The highest BCUT2D eigenvalue weighted by molar-refractivity contribution is 6.04. The number of nitrogens with zero attached hydrogens (tertiary/aromatic N) is 3. The molecule has 144 valence electrons. The second-order valence-electron chi connectivity index (χ2n) is 6.44. The zero-order chi connectivity index (χ0) is 20.3. The molecule has 0 radical (unpaired) electrons. The molecule has 3 aromatic rings. The van der Waals surface area contributed by atoms with Gasteiger partial charge in [0, 0.05) is 11.3 Å². The number of aromatic nitrogens is 2. The Labute approximate surface area is 161 Å².